The second kappa shape index (κ2) is 8.48. The number of piperazine rings is 1. The summed E-state index contributed by atoms with van der Waals surface area (Å²) >= 11 is 0. The number of allylic oxidation sites excluding steroid dienone is 1. The number of benzene rings is 3. The summed E-state index contributed by atoms with van der Waals surface area (Å²) in [5.41, 5.74) is 5.30. The molecule has 2 atom stereocenters. The molecule has 2 N–H and O–H groups in total. The molecule has 1 saturated carbocycles. The lowest BCUT2D eigenvalue weighted by atomic mass is 9.89. The molecule has 39 heavy (non-hydrogen) atoms. The quantitative estimate of drug-likeness (QED) is 0.331. The fourth-order valence-electron chi connectivity index (χ4n) is 6.29. The summed E-state index contributed by atoms with van der Waals surface area (Å²) in [5, 5.41) is 11.7. The highest BCUT2D eigenvalue weighted by Crippen LogP contribution is 2.65. The number of hydrogen-bond donors (Lipinski definition) is 2. The van der Waals surface area contributed by atoms with Gasteiger partial charge in [0, 0.05) is 60.0 Å². The minimum Gasteiger partial charge on any atom is -0.369 e. The van der Waals surface area contributed by atoms with Crippen LogP contribution in [0.1, 0.15) is 29.0 Å². The largest absolute Gasteiger partial charge is 0.369 e. The van der Waals surface area contributed by atoms with Gasteiger partial charge in [-0.3, -0.25) is 9.89 Å². The van der Waals surface area contributed by atoms with Crippen molar-refractivity contribution in [3.8, 4) is 11.3 Å². The van der Waals surface area contributed by atoms with E-state index in [1.807, 2.05) is 18.2 Å². The van der Waals surface area contributed by atoms with Gasteiger partial charge in [-0.15, -0.1) is 0 Å². The van der Waals surface area contributed by atoms with Crippen molar-refractivity contribution in [1.29, 1.82) is 0 Å². The molecule has 1 unspecified atom stereocenters. The van der Waals surface area contributed by atoms with Gasteiger partial charge in [-0.1, -0.05) is 36.9 Å². The molecule has 6 nitrogen and oxygen atoms in total. The van der Waals surface area contributed by atoms with Crippen LogP contribution < -0.4 is 10.2 Å². The first-order chi connectivity index (χ1) is 18.8. The number of aromatic nitrogens is 2. The van der Waals surface area contributed by atoms with E-state index in [9.17, 15) is 13.6 Å². The molecule has 2 aliphatic heterocycles. The minimum absolute atomic E-state index is 0.0922. The maximum atomic E-state index is 14.4. The van der Waals surface area contributed by atoms with Crippen molar-refractivity contribution in [2.24, 2.45) is 0 Å². The van der Waals surface area contributed by atoms with E-state index in [0.717, 1.165) is 53.9 Å². The Morgan fingerprint density at radius 3 is 2.56 bits per heavy atom. The molecule has 1 aromatic heterocycles. The van der Waals surface area contributed by atoms with Crippen LogP contribution in [0.4, 0.5) is 20.2 Å². The summed E-state index contributed by atoms with van der Waals surface area (Å²) in [5.74, 6) is -3.38. The van der Waals surface area contributed by atoms with E-state index in [1.54, 1.807) is 6.07 Å². The molecule has 0 radical (unpaired) electrons. The van der Waals surface area contributed by atoms with Crippen LogP contribution in [-0.2, 0) is 16.1 Å². The predicted octanol–water partition coefficient (Wildman–Crippen LogP) is 5.64. The van der Waals surface area contributed by atoms with Gasteiger partial charge in [0.2, 0.25) is 5.91 Å². The zero-order valence-corrected chi connectivity index (χ0v) is 21.7. The number of nitrogens with zero attached hydrogens (tertiary/aromatic N) is 3. The maximum Gasteiger partial charge on any atom is 0.291 e. The van der Waals surface area contributed by atoms with Gasteiger partial charge < -0.3 is 15.1 Å². The molecule has 1 spiro atoms. The van der Waals surface area contributed by atoms with Gasteiger partial charge in [0.25, 0.3) is 5.92 Å². The highest BCUT2D eigenvalue weighted by Gasteiger charge is 2.65. The summed E-state index contributed by atoms with van der Waals surface area (Å²) in [6.07, 6.45) is 1.22. The summed E-state index contributed by atoms with van der Waals surface area (Å²) in [4.78, 5) is 17.8. The van der Waals surface area contributed by atoms with Crippen LogP contribution in [0.25, 0.3) is 22.2 Å². The summed E-state index contributed by atoms with van der Waals surface area (Å²) in [6.45, 7) is 7.43. The minimum atomic E-state index is -3.15. The fraction of sp³-hybridized carbons (Fsp3) is 0.290. The Labute approximate surface area is 225 Å². The lowest BCUT2D eigenvalue weighted by molar-refractivity contribution is -0.118. The number of H-pyrrole nitrogens is 1. The van der Waals surface area contributed by atoms with Crippen molar-refractivity contribution >= 4 is 28.2 Å². The van der Waals surface area contributed by atoms with E-state index in [2.05, 4.69) is 63.2 Å². The molecule has 4 aromatic rings. The third-order valence-electron chi connectivity index (χ3n) is 8.75. The zero-order chi connectivity index (χ0) is 26.9. The number of aromatic amines is 1. The number of carbonyl (C=O) groups excluding carboxylic acids is 1. The number of amides is 1. The number of halogens is 2. The number of fused-ring (bicyclic) bond motifs is 3. The molecular formula is C31H29F2N5O. The van der Waals surface area contributed by atoms with E-state index >= 15 is 0 Å². The molecule has 0 bridgehead atoms. The van der Waals surface area contributed by atoms with Gasteiger partial charge in [0.1, 0.15) is 0 Å². The Bertz CT molecular complexity index is 1620. The summed E-state index contributed by atoms with van der Waals surface area (Å²) in [6, 6.07) is 19.1. The average molecular weight is 526 g/mol. The first-order valence-corrected chi connectivity index (χ1v) is 13.3. The normalized spacial score (nSPS) is 22.8. The van der Waals surface area contributed by atoms with Gasteiger partial charge in [0.15, 0.2) is 0 Å². The molecule has 3 aromatic carbocycles. The first-order valence-electron chi connectivity index (χ1n) is 13.3. The van der Waals surface area contributed by atoms with Crippen LogP contribution in [0, 0.1) is 0 Å². The van der Waals surface area contributed by atoms with Crippen LogP contribution in [0.3, 0.4) is 0 Å². The Kier molecular flexibility index (Phi) is 5.23. The van der Waals surface area contributed by atoms with Crippen molar-refractivity contribution < 1.29 is 13.6 Å². The van der Waals surface area contributed by atoms with E-state index in [4.69, 9.17) is 0 Å². The number of anilines is 2. The molecule has 3 aliphatic rings. The molecule has 1 aliphatic carbocycles. The highest BCUT2D eigenvalue weighted by molar-refractivity contribution is 6.10. The van der Waals surface area contributed by atoms with Crippen molar-refractivity contribution in [2.75, 3.05) is 43.4 Å². The van der Waals surface area contributed by atoms with Gasteiger partial charge in [-0.05, 0) is 61.0 Å². The molecule has 2 fully saturated rings. The van der Waals surface area contributed by atoms with Crippen LogP contribution >= 0.6 is 0 Å². The van der Waals surface area contributed by atoms with E-state index < -0.39 is 11.3 Å². The zero-order valence-electron chi connectivity index (χ0n) is 21.7. The smallest absolute Gasteiger partial charge is 0.291 e. The molecule has 1 amide bonds. The van der Waals surface area contributed by atoms with Crippen molar-refractivity contribution in [1.82, 2.24) is 15.1 Å². The number of likely N-dealkylation sites (N-methyl/N-ethyl adjacent to an activating group) is 1. The molecule has 8 heteroatoms. The first kappa shape index (κ1) is 24.0. The SMILES string of the molecule is C=CC(F)(F)c1ccc2c(c1)C1(C[C@H]1c1ccc3c(-c4ccc(N5CCN(C)CC5)cc4)n[nH]c3c1)C(=O)N2. The lowest BCUT2D eigenvalue weighted by Crippen LogP contribution is -2.44. The Balaban J connectivity index is 1.16. The monoisotopic (exact) mass is 525 g/mol. The molecule has 198 valence electrons. The number of rotatable bonds is 5. The topological polar surface area (TPSA) is 64.3 Å². The summed E-state index contributed by atoms with van der Waals surface area (Å²) in [7, 11) is 2.15. The third-order valence-corrected chi connectivity index (χ3v) is 8.75. The third kappa shape index (κ3) is 3.69. The standard InChI is InChI=1S/C31H29F2N5O/c1-3-31(32,33)21-7-11-26-24(17-21)30(29(39)34-26)18-25(30)20-6-10-23-27(16-20)35-36-28(23)19-4-8-22(9-5-19)38-14-12-37(2)13-15-38/h3-11,16-17,25H,1,12-15,18H2,2H3,(H,34,39)(H,35,36)/t25-,30?/m0/s1. The Hall–Kier alpha value is -4.04. The number of hydrogen-bond acceptors (Lipinski definition) is 4. The lowest BCUT2D eigenvalue weighted by Gasteiger charge is -2.34. The second-order valence-electron chi connectivity index (χ2n) is 11.0. The van der Waals surface area contributed by atoms with Crippen LogP contribution in [-0.4, -0.2) is 54.2 Å². The average Bonchev–Trinajstić information content (AvgIpc) is 3.47. The van der Waals surface area contributed by atoms with Crippen molar-refractivity contribution in [3.05, 3.63) is 90.0 Å². The fourth-order valence-corrected chi connectivity index (χ4v) is 6.29. The maximum absolute atomic E-state index is 14.4. The van der Waals surface area contributed by atoms with E-state index in [1.165, 1.54) is 17.8 Å². The highest BCUT2D eigenvalue weighted by atomic mass is 19.3. The molecular weight excluding hydrogens is 496 g/mol. The van der Waals surface area contributed by atoms with Gasteiger partial charge in [-0.25, -0.2) is 0 Å². The van der Waals surface area contributed by atoms with E-state index in [0.29, 0.717) is 23.7 Å². The number of carbonyl (C=O) groups is 1. The summed E-state index contributed by atoms with van der Waals surface area (Å²) < 4.78 is 28.7. The Morgan fingerprint density at radius 1 is 1.05 bits per heavy atom. The molecule has 3 heterocycles. The van der Waals surface area contributed by atoms with Crippen molar-refractivity contribution in [2.45, 2.75) is 23.7 Å². The van der Waals surface area contributed by atoms with Crippen molar-refractivity contribution in [3.63, 3.8) is 0 Å². The van der Waals surface area contributed by atoms with Gasteiger partial charge >= 0.3 is 0 Å². The van der Waals surface area contributed by atoms with Crippen LogP contribution in [0.5, 0.6) is 0 Å². The number of alkyl halides is 2. The van der Waals surface area contributed by atoms with Crippen LogP contribution in [0.2, 0.25) is 0 Å². The second-order valence-corrected chi connectivity index (χ2v) is 11.0. The van der Waals surface area contributed by atoms with Crippen LogP contribution in [0.15, 0.2) is 73.3 Å². The van der Waals surface area contributed by atoms with Gasteiger partial charge in [-0.2, -0.15) is 13.9 Å². The van der Waals surface area contributed by atoms with E-state index in [-0.39, 0.29) is 17.4 Å². The molecule has 7 rings (SSSR count). The number of nitrogens with one attached hydrogen (secondary N) is 2. The van der Waals surface area contributed by atoms with Gasteiger partial charge in [0.05, 0.1) is 16.6 Å². The Morgan fingerprint density at radius 2 is 1.82 bits per heavy atom. The predicted molar refractivity (Wildman–Crippen MR) is 149 cm³/mol. The molecule has 1 saturated heterocycles.